The van der Waals surface area contributed by atoms with Gasteiger partial charge >= 0.3 is 0 Å². The summed E-state index contributed by atoms with van der Waals surface area (Å²) in [6, 6.07) is 4.62. The van der Waals surface area contributed by atoms with Gasteiger partial charge in [-0.1, -0.05) is 6.92 Å². The molecule has 0 spiro atoms. The van der Waals surface area contributed by atoms with Crippen LogP contribution in [-0.4, -0.2) is 27.9 Å². The van der Waals surface area contributed by atoms with Gasteiger partial charge in [0.2, 0.25) is 0 Å². The number of hydrogen-bond donors (Lipinski definition) is 1. The lowest BCUT2D eigenvalue weighted by atomic mass is 10.1. The van der Waals surface area contributed by atoms with Crippen molar-refractivity contribution >= 4 is 39.3 Å². The Labute approximate surface area is 136 Å². The number of carbonyl (C=O) groups excluding carboxylic acids is 1. The zero-order valence-corrected chi connectivity index (χ0v) is 14.1. The molecule has 2 rings (SSSR count). The third-order valence-corrected chi connectivity index (χ3v) is 5.43. The van der Waals surface area contributed by atoms with E-state index < -0.39 is 4.92 Å². The Balaban J connectivity index is 2.01. The highest BCUT2D eigenvalue weighted by molar-refractivity contribution is 9.10. The maximum atomic E-state index is 12.2. The monoisotopic (exact) mass is 372 g/mol. The van der Waals surface area contributed by atoms with Crippen molar-refractivity contribution in [2.45, 2.75) is 37.5 Å². The summed E-state index contributed by atoms with van der Waals surface area (Å²) >= 11 is 5.04. The average molecular weight is 373 g/mol. The molecule has 1 amide bonds. The highest BCUT2D eigenvalue weighted by Crippen LogP contribution is 2.30. The van der Waals surface area contributed by atoms with Gasteiger partial charge in [-0.2, -0.15) is 11.8 Å². The molecule has 7 heteroatoms. The van der Waals surface area contributed by atoms with E-state index >= 15 is 0 Å². The van der Waals surface area contributed by atoms with Gasteiger partial charge < -0.3 is 5.32 Å². The van der Waals surface area contributed by atoms with Crippen LogP contribution in [0, 0.1) is 10.1 Å². The van der Waals surface area contributed by atoms with Crippen molar-refractivity contribution in [1.82, 2.24) is 5.32 Å². The molecule has 1 aromatic rings. The van der Waals surface area contributed by atoms with E-state index in [9.17, 15) is 14.9 Å². The van der Waals surface area contributed by atoms with Crippen LogP contribution in [0.25, 0.3) is 0 Å². The number of nitro groups is 1. The molecular weight excluding hydrogens is 356 g/mol. The summed E-state index contributed by atoms with van der Waals surface area (Å²) in [5, 5.41) is 14.5. The van der Waals surface area contributed by atoms with E-state index in [1.807, 2.05) is 11.8 Å². The molecule has 0 bridgehead atoms. The molecule has 0 radical (unpaired) electrons. The molecule has 5 nitrogen and oxygen atoms in total. The van der Waals surface area contributed by atoms with E-state index in [1.54, 1.807) is 6.07 Å². The zero-order chi connectivity index (χ0) is 15.4. The normalized spacial score (nSPS) is 21.2. The van der Waals surface area contributed by atoms with Gasteiger partial charge in [0.15, 0.2) is 0 Å². The molecule has 1 fully saturated rings. The zero-order valence-electron chi connectivity index (χ0n) is 11.7. The SMILES string of the molecule is CCSC1CCC(NC(=O)c2ccc(Br)c([N+](=O)[O-])c2)C1. The van der Waals surface area contributed by atoms with Crippen LogP contribution in [0.5, 0.6) is 0 Å². The first-order chi connectivity index (χ1) is 10.0. The Morgan fingerprint density at radius 2 is 2.29 bits per heavy atom. The number of amides is 1. The molecule has 2 atom stereocenters. The molecule has 1 N–H and O–H groups in total. The van der Waals surface area contributed by atoms with Gasteiger partial charge in [0, 0.05) is 22.9 Å². The number of rotatable bonds is 5. The highest BCUT2D eigenvalue weighted by atomic mass is 79.9. The van der Waals surface area contributed by atoms with Gasteiger partial charge in [-0.25, -0.2) is 0 Å². The molecule has 1 aliphatic carbocycles. The highest BCUT2D eigenvalue weighted by Gasteiger charge is 2.26. The Morgan fingerprint density at radius 1 is 1.52 bits per heavy atom. The average Bonchev–Trinajstić information content (AvgIpc) is 2.86. The number of halogens is 1. The van der Waals surface area contributed by atoms with Crippen LogP contribution in [0.1, 0.15) is 36.5 Å². The van der Waals surface area contributed by atoms with Crippen LogP contribution in [0.4, 0.5) is 5.69 Å². The maximum Gasteiger partial charge on any atom is 0.284 e. The van der Waals surface area contributed by atoms with E-state index in [4.69, 9.17) is 0 Å². The van der Waals surface area contributed by atoms with Crippen LogP contribution in [0.3, 0.4) is 0 Å². The summed E-state index contributed by atoms with van der Waals surface area (Å²) in [5.74, 6) is 0.849. The van der Waals surface area contributed by atoms with E-state index in [-0.39, 0.29) is 17.6 Å². The number of benzene rings is 1. The largest absolute Gasteiger partial charge is 0.349 e. The third kappa shape index (κ3) is 4.20. The van der Waals surface area contributed by atoms with Crippen molar-refractivity contribution in [1.29, 1.82) is 0 Å². The van der Waals surface area contributed by atoms with Crippen molar-refractivity contribution in [3.05, 3.63) is 38.3 Å². The minimum Gasteiger partial charge on any atom is -0.349 e. The third-order valence-electron chi connectivity index (χ3n) is 3.53. The molecule has 1 aliphatic rings. The minimum atomic E-state index is -0.496. The first-order valence-electron chi connectivity index (χ1n) is 6.87. The summed E-state index contributed by atoms with van der Waals surface area (Å²) in [7, 11) is 0. The molecular formula is C14H17BrN2O3S. The van der Waals surface area contributed by atoms with Gasteiger partial charge in [0.25, 0.3) is 11.6 Å². The Bertz CT molecular complexity index is 553. The maximum absolute atomic E-state index is 12.2. The molecule has 1 saturated carbocycles. The lowest BCUT2D eigenvalue weighted by Gasteiger charge is -2.13. The Morgan fingerprint density at radius 3 is 2.95 bits per heavy atom. The topological polar surface area (TPSA) is 72.2 Å². The second kappa shape index (κ2) is 7.26. The molecule has 21 heavy (non-hydrogen) atoms. The second-order valence-corrected chi connectivity index (χ2v) is 7.42. The van der Waals surface area contributed by atoms with Crippen molar-refractivity contribution < 1.29 is 9.72 Å². The molecule has 0 aliphatic heterocycles. The van der Waals surface area contributed by atoms with Gasteiger partial charge in [0.05, 0.1) is 9.40 Å². The van der Waals surface area contributed by atoms with Crippen molar-refractivity contribution in [3.8, 4) is 0 Å². The second-order valence-electron chi connectivity index (χ2n) is 4.98. The number of hydrogen-bond acceptors (Lipinski definition) is 4. The smallest absolute Gasteiger partial charge is 0.284 e. The van der Waals surface area contributed by atoms with Crippen LogP contribution in [0.2, 0.25) is 0 Å². The lowest BCUT2D eigenvalue weighted by molar-refractivity contribution is -0.385. The van der Waals surface area contributed by atoms with Crippen molar-refractivity contribution in [2.24, 2.45) is 0 Å². The summed E-state index contributed by atoms with van der Waals surface area (Å²) in [4.78, 5) is 22.6. The fraction of sp³-hybridized carbons (Fsp3) is 0.500. The fourth-order valence-electron chi connectivity index (χ4n) is 2.52. The van der Waals surface area contributed by atoms with Crippen molar-refractivity contribution in [3.63, 3.8) is 0 Å². The van der Waals surface area contributed by atoms with E-state index in [1.165, 1.54) is 12.1 Å². The van der Waals surface area contributed by atoms with Crippen molar-refractivity contribution in [2.75, 3.05) is 5.75 Å². The minimum absolute atomic E-state index is 0.0894. The van der Waals surface area contributed by atoms with E-state index in [0.29, 0.717) is 15.3 Å². The van der Waals surface area contributed by atoms with Crippen LogP contribution in [0.15, 0.2) is 22.7 Å². The van der Waals surface area contributed by atoms with Gasteiger partial charge in [0.1, 0.15) is 0 Å². The van der Waals surface area contributed by atoms with Crippen LogP contribution >= 0.6 is 27.7 Å². The van der Waals surface area contributed by atoms with Gasteiger partial charge in [-0.05, 0) is 53.1 Å². The van der Waals surface area contributed by atoms with Gasteiger partial charge in [-0.15, -0.1) is 0 Å². The summed E-state index contributed by atoms with van der Waals surface area (Å²) < 4.78 is 0.379. The number of nitro benzene ring substituents is 1. The molecule has 0 saturated heterocycles. The fourth-order valence-corrected chi connectivity index (χ4v) is 4.05. The number of carbonyl (C=O) groups is 1. The van der Waals surface area contributed by atoms with Crippen LogP contribution in [-0.2, 0) is 0 Å². The van der Waals surface area contributed by atoms with Crippen LogP contribution < -0.4 is 5.32 Å². The summed E-state index contributed by atoms with van der Waals surface area (Å²) in [5.41, 5.74) is 0.241. The quantitative estimate of drug-likeness (QED) is 0.630. The predicted octanol–water partition coefficient (Wildman–Crippen LogP) is 3.76. The Hall–Kier alpha value is -1.08. The summed E-state index contributed by atoms with van der Waals surface area (Å²) in [6.45, 7) is 2.14. The molecule has 0 heterocycles. The van der Waals surface area contributed by atoms with E-state index in [2.05, 4.69) is 28.2 Å². The first-order valence-corrected chi connectivity index (χ1v) is 8.71. The number of thioether (sulfide) groups is 1. The number of nitrogens with one attached hydrogen (secondary N) is 1. The summed E-state index contributed by atoms with van der Waals surface area (Å²) in [6.07, 6.45) is 3.06. The Kier molecular flexibility index (Phi) is 5.64. The number of nitrogens with zero attached hydrogens (tertiary/aromatic N) is 1. The molecule has 0 aromatic heterocycles. The van der Waals surface area contributed by atoms with Gasteiger partial charge in [-0.3, -0.25) is 14.9 Å². The predicted molar refractivity (Wildman–Crippen MR) is 87.8 cm³/mol. The molecule has 114 valence electrons. The standard InChI is InChI=1S/C14H17BrN2O3S/c1-2-21-11-5-4-10(8-11)16-14(18)9-3-6-12(15)13(7-9)17(19)20/h3,6-7,10-11H,2,4-5,8H2,1H3,(H,16,18). The van der Waals surface area contributed by atoms with E-state index in [0.717, 1.165) is 25.0 Å². The lowest BCUT2D eigenvalue weighted by Crippen LogP contribution is -2.33. The molecule has 2 unspecified atom stereocenters. The first kappa shape index (κ1) is 16.3. The molecule has 1 aromatic carbocycles.